The van der Waals surface area contributed by atoms with Gasteiger partial charge in [-0.1, -0.05) is 66.5 Å². The Bertz CT molecular complexity index is 710. The van der Waals surface area contributed by atoms with E-state index in [2.05, 4.69) is 53.7 Å². The van der Waals surface area contributed by atoms with Gasteiger partial charge in [-0.2, -0.15) is 0 Å². The fraction of sp³-hybridized carbons (Fsp3) is 0.900. The van der Waals surface area contributed by atoms with E-state index < -0.39 is 0 Å². The molecule has 4 rings (SSSR count). The van der Waals surface area contributed by atoms with Crippen molar-refractivity contribution in [2.24, 2.45) is 58.2 Å². The molecule has 0 saturated heterocycles. The van der Waals surface area contributed by atoms with E-state index in [1.54, 1.807) is 6.92 Å². The Hall–Kier alpha value is -0.790. The standard InChI is InChI=1S/C30H50O2/c1-19(2)20(3)8-9-21(4)26-12-13-27-25-11-10-23-18-24(32-22(5)31)14-16-29(23,6)28(25)15-17-30(26,27)7/h15,17,19-21,23-28H,8-14,16,18H2,1-7H3/t20-,21+,23-,24+,25+,26-,27+,28+,29-,30-/m0/s1. The lowest BCUT2D eigenvalue weighted by Gasteiger charge is -2.59. The number of esters is 1. The summed E-state index contributed by atoms with van der Waals surface area (Å²) in [6.45, 7) is 16.5. The summed E-state index contributed by atoms with van der Waals surface area (Å²) in [5, 5.41) is 0. The number of ether oxygens (including phenoxy) is 1. The minimum absolute atomic E-state index is 0.102. The molecule has 0 heterocycles. The summed E-state index contributed by atoms with van der Waals surface area (Å²) in [7, 11) is 0. The maximum atomic E-state index is 11.5. The van der Waals surface area contributed by atoms with Crippen molar-refractivity contribution in [3.8, 4) is 0 Å². The van der Waals surface area contributed by atoms with Crippen molar-refractivity contribution in [1.82, 2.24) is 0 Å². The summed E-state index contributed by atoms with van der Waals surface area (Å²) in [5.41, 5.74) is 0.799. The molecule has 0 spiro atoms. The number of fused-ring (bicyclic) bond motifs is 5. The molecule has 0 radical (unpaired) electrons. The molecule has 0 aromatic carbocycles. The Balaban J connectivity index is 1.48. The zero-order chi connectivity index (χ0) is 23.3. The smallest absolute Gasteiger partial charge is 0.302 e. The van der Waals surface area contributed by atoms with E-state index in [0.29, 0.717) is 16.7 Å². The van der Waals surface area contributed by atoms with Gasteiger partial charge in [-0.05, 0) is 103 Å². The third-order valence-corrected chi connectivity index (χ3v) is 11.4. The van der Waals surface area contributed by atoms with Crippen LogP contribution in [-0.4, -0.2) is 12.1 Å². The first-order valence-corrected chi connectivity index (χ1v) is 13.9. The minimum atomic E-state index is -0.102. The molecule has 3 fully saturated rings. The van der Waals surface area contributed by atoms with Crippen LogP contribution in [0.1, 0.15) is 106 Å². The van der Waals surface area contributed by atoms with Crippen LogP contribution < -0.4 is 0 Å². The molecule has 10 atom stereocenters. The zero-order valence-corrected chi connectivity index (χ0v) is 22.0. The van der Waals surface area contributed by atoms with Gasteiger partial charge in [-0.15, -0.1) is 0 Å². The molecule has 0 aromatic rings. The second-order valence-corrected chi connectivity index (χ2v) is 13.3. The lowest BCUT2D eigenvalue weighted by molar-refractivity contribution is -0.154. The number of carbonyl (C=O) groups is 1. The van der Waals surface area contributed by atoms with Crippen LogP contribution >= 0.6 is 0 Å². The van der Waals surface area contributed by atoms with Crippen molar-refractivity contribution < 1.29 is 9.53 Å². The van der Waals surface area contributed by atoms with Crippen molar-refractivity contribution in [2.45, 2.75) is 112 Å². The molecule has 0 unspecified atom stereocenters. The maximum Gasteiger partial charge on any atom is 0.302 e. The third-order valence-electron chi connectivity index (χ3n) is 11.4. The predicted molar refractivity (Wildman–Crippen MR) is 133 cm³/mol. The van der Waals surface area contributed by atoms with Crippen molar-refractivity contribution in [2.75, 3.05) is 0 Å². The molecule has 4 aliphatic carbocycles. The average Bonchev–Trinajstić information content (AvgIpc) is 3.08. The molecule has 182 valence electrons. The number of hydrogen-bond donors (Lipinski definition) is 0. The first kappa shape index (κ1) is 24.3. The zero-order valence-electron chi connectivity index (χ0n) is 22.0. The van der Waals surface area contributed by atoms with Crippen molar-refractivity contribution >= 4 is 5.97 Å². The van der Waals surface area contributed by atoms with Gasteiger partial charge < -0.3 is 4.74 Å². The topological polar surface area (TPSA) is 26.3 Å². The van der Waals surface area contributed by atoms with Gasteiger partial charge in [0.2, 0.25) is 0 Å². The molecule has 0 aromatic heterocycles. The van der Waals surface area contributed by atoms with E-state index in [1.807, 2.05) is 0 Å². The van der Waals surface area contributed by atoms with Crippen LogP contribution in [0.5, 0.6) is 0 Å². The van der Waals surface area contributed by atoms with Crippen LogP contribution in [-0.2, 0) is 9.53 Å². The van der Waals surface area contributed by atoms with Crippen molar-refractivity contribution in [1.29, 1.82) is 0 Å². The third kappa shape index (κ3) is 4.22. The largest absolute Gasteiger partial charge is 0.463 e. The summed E-state index contributed by atoms with van der Waals surface area (Å²) >= 11 is 0. The van der Waals surface area contributed by atoms with Crippen LogP contribution in [0.15, 0.2) is 12.2 Å². The van der Waals surface area contributed by atoms with E-state index in [4.69, 9.17) is 4.74 Å². The highest BCUT2D eigenvalue weighted by Crippen LogP contribution is 2.66. The van der Waals surface area contributed by atoms with Crippen LogP contribution in [0.2, 0.25) is 0 Å². The second kappa shape index (κ2) is 9.10. The molecule has 0 aliphatic heterocycles. The lowest BCUT2D eigenvalue weighted by atomic mass is 9.46. The van der Waals surface area contributed by atoms with Gasteiger partial charge in [0.1, 0.15) is 6.10 Å². The molecule has 32 heavy (non-hydrogen) atoms. The Labute approximate surface area is 198 Å². The van der Waals surface area contributed by atoms with Crippen molar-refractivity contribution in [3.05, 3.63) is 12.2 Å². The van der Waals surface area contributed by atoms with E-state index >= 15 is 0 Å². The number of rotatable bonds is 6. The SMILES string of the molecule is CC(=O)O[C@@H]1CC[C@@]2(C)[C@@H](CC[C@@H]3[C@H]4CC[C@@H]([C@H](C)CC[C@H](C)C(C)C)[C@]4(C)C=C[C@H]32)C1. The molecular weight excluding hydrogens is 392 g/mol. The fourth-order valence-corrected chi connectivity index (χ4v) is 8.93. The van der Waals surface area contributed by atoms with Gasteiger partial charge in [0.15, 0.2) is 0 Å². The van der Waals surface area contributed by atoms with Gasteiger partial charge in [0.25, 0.3) is 0 Å². The highest BCUT2D eigenvalue weighted by Gasteiger charge is 2.59. The summed E-state index contributed by atoms with van der Waals surface area (Å²) in [6, 6.07) is 0. The van der Waals surface area contributed by atoms with Gasteiger partial charge in [-0.3, -0.25) is 4.79 Å². The molecular formula is C30H50O2. The summed E-state index contributed by atoms with van der Waals surface area (Å²) in [5.74, 6) is 6.40. The van der Waals surface area contributed by atoms with Crippen LogP contribution in [0, 0.1) is 58.2 Å². The Kier molecular flexibility index (Phi) is 6.92. The first-order chi connectivity index (χ1) is 15.1. The number of allylic oxidation sites excluding steroid dienone is 2. The Morgan fingerprint density at radius 2 is 1.78 bits per heavy atom. The van der Waals surface area contributed by atoms with Crippen molar-refractivity contribution in [3.63, 3.8) is 0 Å². The molecule has 2 heteroatoms. The summed E-state index contributed by atoms with van der Waals surface area (Å²) in [6.07, 6.45) is 17.3. The Morgan fingerprint density at radius 3 is 2.47 bits per heavy atom. The van der Waals surface area contributed by atoms with Gasteiger partial charge in [0, 0.05) is 6.92 Å². The predicted octanol–water partition coefficient (Wildman–Crippen LogP) is 8.06. The maximum absolute atomic E-state index is 11.5. The highest BCUT2D eigenvalue weighted by atomic mass is 16.5. The van der Waals surface area contributed by atoms with E-state index in [1.165, 1.54) is 44.9 Å². The van der Waals surface area contributed by atoms with E-state index in [0.717, 1.165) is 54.3 Å². The number of hydrogen-bond acceptors (Lipinski definition) is 2. The summed E-state index contributed by atoms with van der Waals surface area (Å²) in [4.78, 5) is 11.5. The molecule has 3 saturated carbocycles. The average molecular weight is 443 g/mol. The van der Waals surface area contributed by atoms with Crippen LogP contribution in [0.25, 0.3) is 0 Å². The van der Waals surface area contributed by atoms with Gasteiger partial charge in [-0.25, -0.2) is 0 Å². The second-order valence-electron chi connectivity index (χ2n) is 13.3. The molecule has 2 nitrogen and oxygen atoms in total. The monoisotopic (exact) mass is 442 g/mol. The van der Waals surface area contributed by atoms with Gasteiger partial charge >= 0.3 is 5.97 Å². The normalized spacial score (nSPS) is 45.0. The number of carbonyl (C=O) groups excluding carboxylic acids is 1. The fourth-order valence-electron chi connectivity index (χ4n) is 8.93. The minimum Gasteiger partial charge on any atom is -0.463 e. The molecule has 4 aliphatic rings. The van der Waals surface area contributed by atoms with E-state index in [9.17, 15) is 4.79 Å². The van der Waals surface area contributed by atoms with Crippen LogP contribution in [0.3, 0.4) is 0 Å². The lowest BCUT2D eigenvalue weighted by Crippen LogP contribution is -2.52. The molecule has 0 amide bonds. The van der Waals surface area contributed by atoms with E-state index in [-0.39, 0.29) is 12.1 Å². The molecule has 0 bridgehead atoms. The molecule has 0 N–H and O–H groups in total. The quantitative estimate of drug-likeness (QED) is 0.307. The highest BCUT2D eigenvalue weighted by molar-refractivity contribution is 5.66. The Morgan fingerprint density at radius 1 is 1.03 bits per heavy atom. The van der Waals surface area contributed by atoms with Crippen LogP contribution in [0.4, 0.5) is 0 Å². The summed E-state index contributed by atoms with van der Waals surface area (Å²) < 4.78 is 5.64. The van der Waals surface area contributed by atoms with Gasteiger partial charge in [0.05, 0.1) is 0 Å². The first-order valence-electron chi connectivity index (χ1n) is 13.9.